The lowest BCUT2D eigenvalue weighted by Gasteiger charge is -2.16. The molecule has 1 rings (SSSR count). The average Bonchev–Trinajstić information content (AvgIpc) is 2.79. The highest BCUT2D eigenvalue weighted by Gasteiger charge is 2.28. The van der Waals surface area contributed by atoms with Crippen molar-refractivity contribution in [2.24, 2.45) is 11.8 Å². The highest BCUT2D eigenvalue weighted by Crippen LogP contribution is 2.30. The molecule has 0 aliphatic heterocycles. The number of allylic oxidation sites excluding steroid dienone is 4. The van der Waals surface area contributed by atoms with Gasteiger partial charge in [-0.1, -0.05) is 50.8 Å². The van der Waals surface area contributed by atoms with Gasteiger partial charge in [0.1, 0.15) is 0 Å². The Labute approximate surface area is 128 Å². The van der Waals surface area contributed by atoms with Gasteiger partial charge in [-0.15, -0.1) is 0 Å². The van der Waals surface area contributed by atoms with Crippen molar-refractivity contribution in [3.05, 3.63) is 24.3 Å². The van der Waals surface area contributed by atoms with Crippen molar-refractivity contribution in [3.63, 3.8) is 0 Å². The Bertz CT molecular complexity index is 382. The van der Waals surface area contributed by atoms with E-state index in [1.54, 1.807) is 6.08 Å². The zero-order valence-corrected chi connectivity index (χ0v) is 13.1. The smallest absolute Gasteiger partial charge is 0.303 e. The molecule has 0 fully saturated rings. The van der Waals surface area contributed by atoms with E-state index in [-0.39, 0.29) is 18.1 Å². The molecule has 118 valence electrons. The average molecular weight is 292 g/mol. The summed E-state index contributed by atoms with van der Waals surface area (Å²) >= 11 is 0. The van der Waals surface area contributed by atoms with Crippen LogP contribution in [-0.2, 0) is 9.59 Å². The summed E-state index contributed by atoms with van der Waals surface area (Å²) in [5.74, 6) is 0.132. The molecule has 0 saturated heterocycles. The predicted octanol–water partition coefficient (Wildman–Crippen LogP) is 4.53. The number of carbonyl (C=O) groups excluding carboxylic acids is 1. The number of ketones is 1. The molecule has 0 aromatic carbocycles. The molecular formula is C18H28O3. The van der Waals surface area contributed by atoms with E-state index in [4.69, 9.17) is 5.11 Å². The molecule has 0 spiro atoms. The first-order valence-electron chi connectivity index (χ1n) is 8.24. The van der Waals surface area contributed by atoms with Crippen molar-refractivity contribution in [1.29, 1.82) is 0 Å². The number of carbonyl (C=O) groups is 2. The molecular weight excluding hydrogens is 264 g/mol. The molecule has 0 heterocycles. The number of carboxylic acid groups (broad SMARTS) is 1. The molecule has 0 saturated carbocycles. The Kier molecular flexibility index (Phi) is 8.72. The number of hydrogen-bond donors (Lipinski definition) is 1. The van der Waals surface area contributed by atoms with Gasteiger partial charge in [0.15, 0.2) is 5.78 Å². The standard InChI is InChI=1S/C18H28O3/c1-2-3-7-11-16-15(13-14-17(16)19)10-8-5-4-6-9-12-18(20)21/h3,7,13-16H,2,4-6,8-12H2,1H3,(H,20,21)/b7-3+/t15-,16-/m1/s1. The van der Waals surface area contributed by atoms with Crippen LogP contribution in [-0.4, -0.2) is 16.9 Å². The Morgan fingerprint density at radius 3 is 2.62 bits per heavy atom. The van der Waals surface area contributed by atoms with E-state index >= 15 is 0 Å². The number of rotatable bonds is 11. The maximum Gasteiger partial charge on any atom is 0.303 e. The first-order valence-corrected chi connectivity index (χ1v) is 8.24. The quantitative estimate of drug-likeness (QED) is 0.449. The Hall–Kier alpha value is -1.38. The summed E-state index contributed by atoms with van der Waals surface area (Å²) in [7, 11) is 0. The summed E-state index contributed by atoms with van der Waals surface area (Å²) in [5, 5.41) is 8.56. The van der Waals surface area contributed by atoms with Crippen LogP contribution in [0.15, 0.2) is 24.3 Å². The maximum atomic E-state index is 11.8. The predicted molar refractivity (Wildman–Crippen MR) is 85.1 cm³/mol. The maximum absolute atomic E-state index is 11.8. The van der Waals surface area contributed by atoms with Gasteiger partial charge in [0, 0.05) is 12.3 Å². The van der Waals surface area contributed by atoms with Crippen LogP contribution in [0, 0.1) is 11.8 Å². The minimum atomic E-state index is -0.701. The number of carboxylic acids is 1. The van der Waals surface area contributed by atoms with E-state index < -0.39 is 5.97 Å². The van der Waals surface area contributed by atoms with Gasteiger partial charge in [-0.2, -0.15) is 0 Å². The van der Waals surface area contributed by atoms with Crippen LogP contribution in [0.1, 0.15) is 64.7 Å². The molecule has 0 bridgehead atoms. The molecule has 1 aliphatic rings. The van der Waals surface area contributed by atoms with E-state index in [0.717, 1.165) is 51.4 Å². The zero-order valence-electron chi connectivity index (χ0n) is 13.1. The first-order chi connectivity index (χ1) is 10.1. The van der Waals surface area contributed by atoms with Crippen LogP contribution < -0.4 is 0 Å². The monoisotopic (exact) mass is 292 g/mol. The minimum Gasteiger partial charge on any atom is -0.481 e. The van der Waals surface area contributed by atoms with Gasteiger partial charge in [-0.3, -0.25) is 9.59 Å². The summed E-state index contributed by atoms with van der Waals surface area (Å²) in [5.41, 5.74) is 0. The molecule has 0 amide bonds. The van der Waals surface area contributed by atoms with E-state index in [2.05, 4.69) is 25.2 Å². The van der Waals surface area contributed by atoms with Crippen LogP contribution in [0.25, 0.3) is 0 Å². The molecule has 0 unspecified atom stereocenters. The highest BCUT2D eigenvalue weighted by molar-refractivity contribution is 5.94. The summed E-state index contributed by atoms with van der Waals surface area (Å²) in [4.78, 5) is 22.2. The lowest BCUT2D eigenvalue weighted by Crippen LogP contribution is -2.15. The van der Waals surface area contributed by atoms with Crippen molar-refractivity contribution in [3.8, 4) is 0 Å². The topological polar surface area (TPSA) is 54.4 Å². The molecule has 2 atom stereocenters. The molecule has 3 heteroatoms. The largest absolute Gasteiger partial charge is 0.481 e. The minimum absolute atomic E-state index is 0.153. The summed E-state index contributed by atoms with van der Waals surface area (Å²) < 4.78 is 0. The molecule has 21 heavy (non-hydrogen) atoms. The first kappa shape index (κ1) is 17.7. The van der Waals surface area contributed by atoms with E-state index in [1.807, 2.05) is 0 Å². The zero-order chi connectivity index (χ0) is 15.5. The number of aliphatic carboxylic acids is 1. The van der Waals surface area contributed by atoms with Crippen molar-refractivity contribution in [2.75, 3.05) is 0 Å². The van der Waals surface area contributed by atoms with Gasteiger partial charge >= 0.3 is 5.97 Å². The third kappa shape index (κ3) is 7.26. The third-order valence-corrected chi connectivity index (χ3v) is 4.11. The van der Waals surface area contributed by atoms with Gasteiger partial charge in [-0.05, 0) is 37.7 Å². The van der Waals surface area contributed by atoms with Crippen LogP contribution >= 0.6 is 0 Å². The molecule has 0 aromatic heterocycles. The third-order valence-electron chi connectivity index (χ3n) is 4.11. The molecule has 0 aromatic rings. The molecule has 0 radical (unpaired) electrons. The summed E-state index contributed by atoms with van der Waals surface area (Å²) in [6.45, 7) is 2.10. The van der Waals surface area contributed by atoms with Crippen molar-refractivity contribution < 1.29 is 14.7 Å². The Morgan fingerprint density at radius 1 is 1.19 bits per heavy atom. The summed E-state index contributed by atoms with van der Waals surface area (Å²) in [6.07, 6.45) is 16.5. The van der Waals surface area contributed by atoms with Gasteiger partial charge in [0.05, 0.1) is 0 Å². The second kappa shape index (κ2) is 10.4. The Morgan fingerprint density at radius 2 is 1.90 bits per heavy atom. The lowest BCUT2D eigenvalue weighted by atomic mass is 9.87. The van der Waals surface area contributed by atoms with E-state index in [9.17, 15) is 9.59 Å². The van der Waals surface area contributed by atoms with Crippen molar-refractivity contribution in [1.82, 2.24) is 0 Å². The van der Waals surface area contributed by atoms with Gasteiger partial charge in [0.25, 0.3) is 0 Å². The Balaban J connectivity index is 2.15. The number of hydrogen-bond acceptors (Lipinski definition) is 2. The van der Waals surface area contributed by atoms with Crippen molar-refractivity contribution in [2.45, 2.75) is 64.7 Å². The van der Waals surface area contributed by atoms with Gasteiger partial charge in [-0.25, -0.2) is 0 Å². The molecule has 3 nitrogen and oxygen atoms in total. The van der Waals surface area contributed by atoms with Crippen molar-refractivity contribution >= 4 is 11.8 Å². The molecule has 1 N–H and O–H groups in total. The summed E-state index contributed by atoms with van der Waals surface area (Å²) in [6, 6.07) is 0. The SMILES string of the molecule is CC/C=C/C[C@H]1C(=O)C=C[C@H]1CCCCCCCC(=O)O. The van der Waals surface area contributed by atoms with Gasteiger partial charge in [0.2, 0.25) is 0 Å². The van der Waals surface area contributed by atoms with Crippen LogP contribution in [0.5, 0.6) is 0 Å². The lowest BCUT2D eigenvalue weighted by molar-refractivity contribution is -0.137. The van der Waals surface area contributed by atoms with E-state index in [1.165, 1.54) is 0 Å². The van der Waals surface area contributed by atoms with Crippen LogP contribution in [0.4, 0.5) is 0 Å². The fourth-order valence-electron chi connectivity index (χ4n) is 2.87. The number of unbranched alkanes of at least 4 members (excludes halogenated alkanes) is 4. The van der Waals surface area contributed by atoms with Crippen LogP contribution in [0.3, 0.4) is 0 Å². The molecule has 1 aliphatic carbocycles. The van der Waals surface area contributed by atoms with Gasteiger partial charge < -0.3 is 5.11 Å². The van der Waals surface area contributed by atoms with E-state index in [0.29, 0.717) is 5.92 Å². The second-order valence-corrected chi connectivity index (χ2v) is 5.85. The normalized spacial score (nSPS) is 21.5. The highest BCUT2D eigenvalue weighted by atomic mass is 16.4. The fraction of sp³-hybridized carbons (Fsp3) is 0.667. The van der Waals surface area contributed by atoms with Crippen LogP contribution in [0.2, 0.25) is 0 Å². The fourth-order valence-corrected chi connectivity index (χ4v) is 2.87. The second-order valence-electron chi connectivity index (χ2n) is 5.85.